The second kappa shape index (κ2) is 7.79. The summed E-state index contributed by atoms with van der Waals surface area (Å²) in [6.45, 7) is 7.48. The highest BCUT2D eigenvalue weighted by Crippen LogP contribution is 2.54. The van der Waals surface area contributed by atoms with Gasteiger partial charge in [-0.15, -0.1) is 0 Å². The van der Waals surface area contributed by atoms with Gasteiger partial charge in [0.2, 0.25) is 17.5 Å². The molecule has 2 bridgehead atoms. The zero-order chi connectivity index (χ0) is 22.2. The number of nitro groups is 1. The van der Waals surface area contributed by atoms with Gasteiger partial charge in [0.1, 0.15) is 6.33 Å². The maximum atomic E-state index is 12.3. The van der Waals surface area contributed by atoms with Crippen molar-refractivity contribution < 1.29 is 9.72 Å². The summed E-state index contributed by atoms with van der Waals surface area (Å²) in [5, 5.41) is 12.0. The maximum Gasteiger partial charge on any atom is 0.355 e. The van der Waals surface area contributed by atoms with Gasteiger partial charge in [-0.3, -0.25) is 25.8 Å². The van der Waals surface area contributed by atoms with Crippen molar-refractivity contribution in [3.8, 4) is 0 Å². The molecule has 4 rings (SSSR count). The minimum absolute atomic E-state index is 0.0118. The molecule has 1 saturated carbocycles. The molecule has 2 unspecified atom stereocenters. The third-order valence-electron chi connectivity index (χ3n) is 6.20. The van der Waals surface area contributed by atoms with E-state index in [1.165, 1.54) is 6.33 Å². The van der Waals surface area contributed by atoms with E-state index in [9.17, 15) is 14.9 Å². The van der Waals surface area contributed by atoms with Crippen LogP contribution >= 0.6 is 0 Å². The molecule has 31 heavy (non-hydrogen) atoms. The minimum Gasteiger partial charge on any atom is -0.347 e. The number of carbonyl (C=O) groups is 1. The van der Waals surface area contributed by atoms with Crippen LogP contribution in [0.2, 0.25) is 0 Å². The lowest BCUT2D eigenvalue weighted by Crippen LogP contribution is -2.35. The summed E-state index contributed by atoms with van der Waals surface area (Å²) in [5.41, 5.74) is 6.09. The molecule has 1 aromatic carbocycles. The van der Waals surface area contributed by atoms with Gasteiger partial charge in [-0.05, 0) is 35.7 Å². The van der Waals surface area contributed by atoms with Gasteiger partial charge in [0.15, 0.2) is 0 Å². The number of amides is 1. The van der Waals surface area contributed by atoms with Crippen LogP contribution in [0.5, 0.6) is 0 Å². The number of hydrogen-bond donors (Lipinski definition) is 2. The minimum atomic E-state index is -0.475. The Kier molecular flexibility index (Phi) is 5.28. The summed E-state index contributed by atoms with van der Waals surface area (Å²) in [7, 11) is 0. The fourth-order valence-electron chi connectivity index (χ4n) is 5.50. The lowest BCUT2D eigenvalue weighted by Gasteiger charge is -2.39. The fraction of sp³-hybridized carbons (Fsp3) is 0.500. The Bertz CT molecular complexity index is 996. The average Bonchev–Trinajstić information content (AvgIpc) is 2.95. The molecule has 2 fully saturated rings. The van der Waals surface area contributed by atoms with Gasteiger partial charge in [0.05, 0.1) is 11.3 Å². The number of nitrogens with zero attached hydrogens (tertiary/aromatic N) is 4. The van der Waals surface area contributed by atoms with Gasteiger partial charge in [-0.2, -0.15) is 0 Å². The number of benzene rings is 1. The predicted octanol–water partition coefficient (Wildman–Crippen LogP) is 3.48. The van der Waals surface area contributed by atoms with E-state index in [0.717, 1.165) is 31.4 Å². The van der Waals surface area contributed by atoms with Crippen molar-refractivity contribution in [3.05, 3.63) is 52.3 Å². The lowest BCUT2D eigenvalue weighted by atomic mass is 9.65. The number of anilines is 2. The highest BCUT2D eigenvalue weighted by atomic mass is 16.6. The molecule has 9 nitrogen and oxygen atoms in total. The van der Waals surface area contributed by atoms with E-state index in [2.05, 4.69) is 46.5 Å². The van der Waals surface area contributed by atoms with Gasteiger partial charge in [-0.25, -0.2) is 9.97 Å². The molecule has 2 aromatic rings. The number of aromatic nitrogens is 2. The van der Waals surface area contributed by atoms with Crippen LogP contribution in [0.4, 0.5) is 17.3 Å². The van der Waals surface area contributed by atoms with Crippen molar-refractivity contribution in [2.24, 2.45) is 10.8 Å². The fourth-order valence-corrected chi connectivity index (χ4v) is 5.50. The summed E-state index contributed by atoms with van der Waals surface area (Å²) in [6, 6.07) is 9.47. The second-order valence-corrected chi connectivity index (χ2v) is 9.83. The normalized spacial score (nSPS) is 24.0. The lowest BCUT2D eigenvalue weighted by molar-refractivity contribution is -0.383. The highest BCUT2D eigenvalue weighted by molar-refractivity contribution is 5.81. The molecule has 2 N–H and O–H groups in total. The molecule has 2 aliphatic rings. The summed E-state index contributed by atoms with van der Waals surface area (Å²) < 4.78 is 0. The molecule has 1 aliphatic carbocycles. The van der Waals surface area contributed by atoms with Crippen LogP contribution in [0.15, 0.2) is 36.7 Å². The number of rotatable bonds is 6. The van der Waals surface area contributed by atoms with E-state index in [1.807, 2.05) is 30.3 Å². The van der Waals surface area contributed by atoms with Gasteiger partial charge >= 0.3 is 5.69 Å². The van der Waals surface area contributed by atoms with E-state index in [4.69, 9.17) is 0 Å². The SMILES string of the molecule is CC1(C)CC2CC(C)(CN2c2ncnc(NNC(=O)Cc3ccccc3)c2[N+](=O)[O-])C1. The molecule has 2 atom stereocenters. The third kappa shape index (κ3) is 4.45. The topological polar surface area (TPSA) is 113 Å². The summed E-state index contributed by atoms with van der Waals surface area (Å²) in [4.78, 5) is 34.2. The first kappa shape index (κ1) is 21.0. The van der Waals surface area contributed by atoms with Gasteiger partial charge in [-0.1, -0.05) is 51.1 Å². The number of nitrogens with one attached hydrogen (secondary N) is 2. The van der Waals surface area contributed by atoms with Crippen LogP contribution < -0.4 is 15.8 Å². The van der Waals surface area contributed by atoms with Crippen LogP contribution in [-0.4, -0.2) is 33.4 Å². The molecular weight excluding hydrogens is 396 g/mol. The molecule has 1 amide bonds. The van der Waals surface area contributed by atoms with Crippen LogP contribution in [0.25, 0.3) is 0 Å². The average molecular weight is 425 g/mol. The Morgan fingerprint density at radius 3 is 2.68 bits per heavy atom. The van der Waals surface area contributed by atoms with E-state index in [1.54, 1.807) is 0 Å². The Morgan fingerprint density at radius 2 is 1.97 bits per heavy atom. The molecule has 1 aromatic heterocycles. The Hall–Kier alpha value is -3.23. The molecule has 0 spiro atoms. The summed E-state index contributed by atoms with van der Waals surface area (Å²) in [5.74, 6) is -0.0135. The predicted molar refractivity (Wildman–Crippen MR) is 117 cm³/mol. The van der Waals surface area contributed by atoms with Gasteiger partial charge in [0, 0.05) is 12.6 Å². The molecule has 2 heterocycles. The smallest absolute Gasteiger partial charge is 0.347 e. The number of carbonyl (C=O) groups excluding carboxylic acids is 1. The van der Waals surface area contributed by atoms with Crippen molar-refractivity contribution >= 4 is 23.2 Å². The molecular formula is C22H28N6O3. The number of hydrogen-bond acceptors (Lipinski definition) is 7. The quantitative estimate of drug-likeness (QED) is 0.539. The molecule has 1 aliphatic heterocycles. The van der Waals surface area contributed by atoms with E-state index in [0.29, 0.717) is 5.82 Å². The number of fused-ring (bicyclic) bond motifs is 2. The van der Waals surface area contributed by atoms with Crippen LogP contribution in [-0.2, 0) is 11.2 Å². The van der Waals surface area contributed by atoms with Crippen molar-refractivity contribution in [3.63, 3.8) is 0 Å². The Morgan fingerprint density at radius 1 is 1.23 bits per heavy atom. The van der Waals surface area contributed by atoms with Gasteiger partial charge < -0.3 is 4.90 Å². The van der Waals surface area contributed by atoms with Crippen LogP contribution in [0, 0.1) is 20.9 Å². The highest BCUT2D eigenvalue weighted by Gasteiger charge is 2.51. The molecule has 164 valence electrons. The van der Waals surface area contributed by atoms with E-state index in [-0.39, 0.29) is 40.7 Å². The first-order valence-corrected chi connectivity index (χ1v) is 10.5. The van der Waals surface area contributed by atoms with Crippen LogP contribution in [0.3, 0.4) is 0 Å². The summed E-state index contributed by atoms with van der Waals surface area (Å²) in [6.07, 6.45) is 4.49. The van der Waals surface area contributed by atoms with E-state index < -0.39 is 4.92 Å². The number of hydrazine groups is 1. The Labute approximate surface area is 181 Å². The molecule has 9 heteroatoms. The third-order valence-corrected chi connectivity index (χ3v) is 6.20. The standard InChI is InChI=1S/C22H28N6O3/c1-21(2)10-16-11-22(3,12-21)13-27(16)20-18(28(30)31)19(23-14-24-20)26-25-17(29)9-15-7-5-4-6-8-15/h4-8,14,16H,9-13H2,1-3H3,(H,25,29)(H,23,24,26). The zero-order valence-corrected chi connectivity index (χ0v) is 18.1. The monoisotopic (exact) mass is 424 g/mol. The summed E-state index contributed by atoms with van der Waals surface area (Å²) >= 11 is 0. The second-order valence-electron chi connectivity index (χ2n) is 9.83. The Balaban J connectivity index is 1.55. The van der Waals surface area contributed by atoms with E-state index >= 15 is 0 Å². The largest absolute Gasteiger partial charge is 0.355 e. The van der Waals surface area contributed by atoms with Crippen molar-refractivity contribution in [1.29, 1.82) is 0 Å². The molecule has 0 radical (unpaired) electrons. The molecule has 1 saturated heterocycles. The van der Waals surface area contributed by atoms with Crippen LogP contribution in [0.1, 0.15) is 45.6 Å². The van der Waals surface area contributed by atoms with Gasteiger partial charge in [0.25, 0.3) is 0 Å². The first-order valence-electron chi connectivity index (χ1n) is 10.5. The maximum absolute atomic E-state index is 12.3. The zero-order valence-electron chi connectivity index (χ0n) is 18.1. The van der Waals surface area contributed by atoms with Crippen molar-refractivity contribution in [2.45, 2.75) is 52.5 Å². The van der Waals surface area contributed by atoms with Crippen molar-refractivity contribution in [2.75, 3.05) is 16.9 Å². The first-order chi connectivity index (χ1) is 14.7. The van der Waals surface area contributed by atoms with Crippen molar-refractivity contribution in [1.82, 2.24) is 15.4 Å².